The first-order valence-corrected chi connectivity index (χ1v) is 16.6. The first kappa shape index (κ1) is 31.6. The fourth-order valence-electron chi connectivity index (χ4n) is 7.30. The molecule has 1 N–H and O–H groups in total. The standard InChI is InChI=1S/C36H35ClN6O5/c37-25-4-1-5-27(21-25)43-22-30(38-39-43)35(46)42-19-15-28-29(34(42)32(44)20-23-9-11-24(12-10-23)36(47)48)6-2-7-31(28)40-17-13-26(14-18-40)41-16-3-8-33(41)45/h1-2,4-7,9-12,21-22,26,34H,3,8,13-20H2,(H,47,48). The van der Waals surface area contributed by atoms with E-state index in [1.54, 1.807) is 47.5 Å². The Morgan fingerprint density at radius 3 is 2.40 bits per heavy atom. The summed E-state index contributed by atoms with van der Waals surface area (Å²) in [6.07, 6.45) is 5.45. The number of hydrogen-bond acceptors (Lipinski definition) is 7. The number of carboxylic acids is 1. The van der Waals surface area contributed by atoms with Gasteiger partial charge in [0.15, 0.2) is 11.5 Å². The zero-order valence-electron chi connectivity index (χ0n) is 26.3. The third-order valence-corrected chi connectivity index (χ3v) is 9.92. The van der Waals surface area contributed by atoms with Gasteiger partial charge in [-0.15, -0.1) is 5.10 Å². The largest absolute Gasteiger partial charge is 0.478 e. The van der Waals surface area contributed by atoms with E-state index >= 15 is 0 Å². The summed E-state index contributed by atoms with van der Waals surface area (Å²) in [5.41, 5.74) is 4.43. The van der Waals surface area contributed by atoms with E-state index in [2.05, 4.69) is 21.3 Å². The highest BCUT2D eigenvalue weighted by atomic mass is 35.5. The maximum Gasteiger partial charge on any atom is 0.335 e. The number of hydrogen-bond donors (Lipinski definition) is 1. The number of aromatic carboxylic acids is 1. The van der Waals surface area contributed by atoms with Crippen molar-refractivity contribution in [2.45, 2.75) is 50.6 Å². The molecule has 2 saturated heterocycles. The molecule has 2 amide bonds. The van der Waals surface area contributed by atoms with Crippen LogP contribution in [-0.2, 0) is 22.4 Å². The van der Waals surface area contributed by atoms with Gasteiger partial charge in [-0.2, -0.15) is 0 Å². The number of amides is 2. The van der Waals surface area contributed by atoms with Crippen LogP contribution >= 0.6 is 11.6 Å². The molecule has 246 valence electrons. The lowest BCUT2D eigenvalue weighted by atomic mass is 9.86. The van der Waals surface area contributed by atoms with Crippen molar-refractivity contribution in [1.29, 1.82) is 0 Å². The van der Waals surface area contributed by atoms with Gasteiger partial charge < -0.3 is 19.8 Å². The van der Waals surface area contributed by atoms with E-state index in [4.69, 9.17) is 11.6 Å². The molecule has 1 aromatic heterocycles. The topological polar surface area (TPSA) is 129 Å². The van der Waals surface area contributed by atoms with Crippen LogP contribution in [-0.4, -0.2) is 85.7 Å². The van der Waals surface area contributed by atoms with Crippen molar-refractivity contribution in [1.82, 2.24) is 24.8 Å². The van der Waals surface area contributed by atoms with Crippen LogP contribution in [0.4, 0.5) is 5.69 Å². The van der Waals surface area contributed by atoms with E-state index in [1.807, 2.05) is 17.0 Å². The Morgan fingerprint density at radius 2 is 1.69 bits per heavy atom. The van der Waals surface area contributed by atoms with Crippen molar-refractivity contribution in [3.8, 4) is 5.69 Å². The van der Waals surface area contributed by atoms with Gasteiger partial charge >= 0.3 is 5.97 Å². The van der Waals surface area contributed by atoms with Crippen LogP contribution in [0.15, 0.2) is 72.9 Å². The molecule has 3 aromatic carbocycles. The Kier molecular flexibility index (Phi) is 8.70. The van der Waals surface area contributed by atoms with E-state index in [-0.39, 0.29) is 35.4 Å². The molecule has 4 aromatic rings. The number of carbonyl (C=O) groups excluding carboxylic acids is 3. The molecular formula is C36H35ClN6O5. The molecule has 11 nitrogen and oxygen atoms in total. The molecule has 4 heterocycles. The fraction of sp³-hybridized carbons (Fsp3) is 0.333. The molecule has 0 bridgehead atoms. The summed E-state index contributed by atoms with van der Waals surface area (Å²) < 4.78 is 1.48. The van der Waals surface area contributed by atoms with Gasteiger partial charge in [-0.25, -0.2) is 9.48 Å². The second-order valence-corrected chi connectivity index (χ2v) is 13.0. The van der Waals surface area contributed by atoms with Crippen molar-refractivity contribution in [2.75, 3.05) is 31.1 Å². The molecule has 3 aliphatic heterocycles. The highest BCUT2D eigenvalue weighted by Crippen LogP contribution is 2.38. The van der Waals surface area contributed by atoms with Crippen LogP contribution in [0.1, 0.15) is 69.3 Å². The number of nitrogens with zero attached hydrogens (tertiary/aromatic N) is 6. The van der Waals surface area contributed by atoms with Crippen LogP contribution < -0.4 is 4.90 Å². The predicted octanol–water partition coefficient (Wildman–Crippen LogP) is 4.76. The Bertz CT molecular complexity index is 1880. The van der Waals surface area contributed by atoms with Crippen molar-refractivity contribution in [2.24, 2.45) is 0 Å². The number of ketones is 1. The number of carboxylic acid groups (broad SMARTS) is 1. The molecule has 3 aliphatic rings. The van der Waals surface area contributed by atoms with Crippen LogP contribution in [0.5, 0.6) is 0 Å². The molecule has 7 rings (SSSR count). The minimum atomic E-state index is -1.04. The molecular weight excluding hydrogens is 632 g/mol. The monoisotopic (exact) mass is 666 g/mol. The minimum Gasteiger partial charge on any atom is -0.478 e. The van der Waals surface area contributed by atoms with E-state index in [0.717, 1.165) is 55.7 Å². The highest BCUT2D eigenvalue weighted by Gasteiger charge is 2.39. The summed E-state index contributed by atoms with van der Waals surface area (Å²) in [6.45, 7) is 2.74. The number of halogens is 1. The van der Waals surface area contributed by atoms with Gasteiger partial charge in [0, 0.05) is 55.8 Å². The van der Waals surface area contributed by atoms with Gasteiger partial charge in [0.2, 0.25) is 5.91 Å². The third kappa shape index (κ3) is 6.17. The number of piperidine rings is 1. The number of likely N-dealkylation sites (tertiary alicyclic amines) is 1. The van der Waals surface area contributed by atoms with Gasteiger partial charge in [-0.05, 0) is 78.8 Å². The normalized spacial score (nSPS) is 18.2. The average molecular weight is 667 g/mol. The number of aromatic nitrogens is 3. The first-order valence-electron chi connectivity index (χ1n) is 16.3. The van der Waals surface area contributed by atoms with Gasteiger partial charge in [-0.1, -0.05) is 47.1 Å². The number of benzene rings is 3. The number of Topliss-reactive ketones (excluding diaryl/α,β-unsaturated/α-hetero) is 1. The first-order chi connectivity index (χ1) is 23.3. The van der Waals surface area contributed by atoms with Crippen molar-refractivity contribution in [3.05, 3.63) is 106 Å². The molecule has 0 spiro atoms. The molecule has 1 unspecified atom stereocenters. The average Bonchev–Trinajstić information content (AvgIpc) is 3.77. The Balaban J connectivity index is 1.18. The zero-order chi connectivity index (χ0) is 33.4. The summed E-state index contributed by atoms with van der Waals surface area (Å²) in [6, 6.07) is 18.6. The van der Waals surface area contributed by atoms with Gasteiger partial charge in [0.25, 0.3) is 5.91 Å². The molecule has 0 saturated carbocycles. The third-order valence-electron chi connectivity index (χ3n) is 9.68. The quantitative estimate of drug-likeness (QED) is 0.285. The number of fused-ring (bicyclic) bond motifs is 1. The van der Waals surface area contributed by atoms with Gasteiger partial charge in [0.05, 0.1) is 17.4 Å². The number of anilines is 1. The Morgan fingerprint density at radius 1 is 0.917 bits per heavy atom. The lowest BCUT2D eigenvalue weighted by Gasteiger charge is -2.41. The molecule has 48 heavy (non-hydrogen) atoms. The second-order valence-electron chi connectivity index (χ2n) is 12.6. The second kappa shape index (κ2) is 13.2. The summed E-state index contributed by atoms with van der Waals surface area (Å²) in [4.78, 5) is 58.1. The number of rotatable bonds is 8. The van der Waals surface area contributed by atoms with Crippen LogP contribution in [0, 0.1) is 0 Å². The molecule has 0 aliphatic carbocycles. The highest BCUT2D eigenvalue weighted by molar-refractivity contribution is 6.30. The summed E-state index contributed by atoms with van der Waals surface area (Å²) in [5, 5.41) is 18.2. The lowest BCUT2D eigenvalue weighted by Crippen LogP contribution is -2.47. The summed E-state index contributed by atoms with van der Waals surface area (Å²) in [5.74, 6) is -1.38. The lowest BCUT2D eigenvalue weighted by molar-refractivity contribution is -0.130. The van der Waals surface area contributed by atoms with Crippen molar-refractivity contribution >= 4 is 40.9 Å². The van der Waals surface area contributed by atoms with Crippen LogP contribution in [0.3, 0.4) is 0 Å². The van der Waals surface area contributed by atoms with Crippen LogP contribution in [0.25, 0.3) is 5.69 Å². The Labute approximate surface area is 282 Å². The maximum absolute atomic E-state index is 14.3. The predicted molar refractivity (Wildman–Crippen MR) is 179 cm³/mol. The van der Waals surface area contributed by atoms with E-state index in [1.165, 1.54) is 16.8 Å². The van der Waals surface area contributed by atoms with Gasteiger partial charge in [0.1, 0.15) is 6.04 Å². The van der Waals surface area contributed by atoms with E-state index in [9.17, 15) is 24.3 Å². The van der Waals surface area contributed by atoms with Crippen LogP contribution in [0.2, 0.25) is 5.02 Å². The van der Waals surface area contributed by atoms with Gasteiger partial charge in [-0.3, -0.25) is 14.4 Å². The number of carbonyl (C=O) groups is 4. The van der Waals surface area contributed by atoms with Crippen molar-refractivity contribution < 1.29 is 24.3 Å². The summed E-state index contributed by atoms with van der Waals surface area (Å²) in [7, 11) is 0. The minimum absolute atomic E-state index is 0.0163. The Hall–Kier alpha value is -5.03. The smallest absolute Gasteiger partial charge is 0.335 e. The van der Waals surface area contributed by atoms with Crippen molar-refractivity contribution in [3.63, 3.8) is 0 Å². The van der Waals surface area contributed by atoms with E-state index in [0.29, 0.717) is 35.7 Å². The fourth-order valence-corrected chi connectivity index (χ4v) is 7.49. The molecule has 0 radical (unpaired) electrons. The van der Waals surface area contributed by atoms with E-state index < -0.39 is 17.9 Å². The molecule has 1 atom stereocenters. The molecule has 2 fully saturated rings. The SMILES string of the molecule is O=C(O)c1ccc(CC(=O)C2c3cccc(N4CCC(N5CCCC5=O)CC4)c3CCN2C(=O)c2cn(-c3cccc(Cl)c3)nn2)cc1. The zero-order valence-corrected chi connectivity index (χ0v) is 27.1. The summed E-state index contributed by atoms with van der Waals surface area (Å²) >= 11 is 6.17. The maximum atomic E-state index is 14.3. The molecule has 12 heteroatoms.